The van der Waals surface area contributed by atoms with E-state index in [0.29, 0.717) is 27.8 Å². The minimum atomic E-state index is -0.172. The van der Waals surface area contributed by atoms with Gasteiger partial charge in [-0.15, -0.1) is 11.3 Å². The van der Waals surface area contributed by atoms with Crippen molar-refractivity contribution in [1.29, 1.82) is 0 Å². The summed E-state index contributed by atoms with van der Waals surface area (Å²) in [6.45, 7) is 0.423. The summed E-state index contributed by atoms with van der Waals surface area (Å²) in [5.41, 5.74) is 1.78. The highest BCUT2D eigenvalue weighted by molar-refractivity contribution is 7.99. The molecule has 0 radical (unpaired) electrons. The van der Waals surface area contributed by atoms with Crippen molar-refractivity contribution in [2.75, 3.05) is 12.4 Å². The summed E-state index contributed by atoms with van der Waals surface area (Å²) in [7, 11) is 1.73. The Morgan fingerprint density at radius 1 is 1.22 bits per heavy atom. The van der Waals surface area contributed by atoms with Gasteiger partial charge in [0.15, 0.2) is 4.47 Å². The Kier molecular flexibility index (Phi) is 4.90. The van der Waals surface area contributed by atoms with Crippen LogP contribution in [-0.2, 0) is 6.54 Å². The van der Waals surface area contributed by atoms with Crippen molar-refractivity contribution in [3.8, 4) is 0 Å². The minimum Gasteiger partial charge on any atom is -0.337 e. The number of aromatic nitrogens is 1. The first-order valence-corrected chi connectivity index (χ1v) is 10.1. The van der Waals surface area contributed by atoms with E-state index >= 15 is 0 Å². The second-order valence-electron chi connectivity index (χ2n) is 6.00. The highest BCUT2D eigenvalue weighted by atomic mass is 35.5. The van der Waals surface area contributed by atoms with Crippen molar-refractivity contribution in [2.24, 2.45) is 0 Å². The Morgan fingerprint density at radius 3 is 2.81 bits per heavy atom. The predicted molar refractivity (Wildman–Crippen MR) is 108 cm³/mol. The number of hydrogen-bond donors (Lipinski definition) is 1. The number of amides is 2. The van der Waals surface area contributed by atoms with E-state index in [1.54, 1.807) is 36.3 Å². The monoisotopic (exact) mass is 415 g/mol. The van der Waals surface area contributed by atoms with Crippen LogP contribution in [0.15, 0.2) is 58.5 Å². The van der Waals surface area contributed by atoms with E-state index in [2.05, 4.69) is 10.3 Å². The van der Waals surface area contributed by atoms with Crippen LogP contribution < -0.4 is 5.32 Å². The van der Waals surface area contributed by atoms with Crippen LogP contribution in [0.2, 0.25) is 4.47 Å². The first kappa shape index (κ1) is 18.0. The largest absolute Gasteiger partial charge is 0.337 e. The lowest BCUT2D eigenvalue weighted by atomic mass is 10.1. The molecule has 0 saturated heterocycles. The van der Waals surface area contributed by atoms with E-state index in [9.17, 15) is 9.59 Å². The molecule has 0 spiro atoms. The number of nitrogens with one attached hydrogen (secondary N) is 1. The fourth-order valence-electron chi connectivity index (χ4n) is 2.78. The molecule has 0 bridgehead atoms. The fraction of sp³-hybridized carbons (Fsp3) is 0.105. The molecule has 27 heavy (non-hydrogen) atoms. The number of hydrogen-bond acceptors (Lipinski definition) is 5. The van der Waals surface area contributed by atoms with Gasteiger partial charge in [0.05, 0.1) is 17.8 Å². The van der Waals surface area contributed by atoms with E-state index < -0.39 is 0 Å². The molecule has 3 aromatic rings. The molecule has 4 rings (SSSR count). The van der Waals surface area contributed by atoms with E-state index in [1.165, 1.54) is 23.1 Å². The molecule has 2 heterocycles. The van der Waals surface area contributed by atoms with Crippen LogP contribution in [0, 0.1) is 0 Å². The van der Waals surface area contributed by atoms with E-state index in [0.717, 1.165) is 14.7 Å². The lowest BCUT2D eigenvalue weighted by molar-refractivity contribution is 0.0786. The van der Waals surface area contributed by atoms with Crippen molar-refractivity contribution in [2.45, 2.75) is 16.3 Å². The third kappa shape index (κ3) is 3.71. The van der Waals surface area contributed by atoms with Gasteiger partial charge in [-0.2, -0.15) is 0 Å². The zero-order valence-electron chi connectivity index (χ0n) is 14.2. The van der Waals surface area contributed by atoms with Crippen molar-refractivity contribution in [3.63, 3.8) is 0 Å². The second kappa shape index (κ2) is 7.34. The average Bonchev–Trinajstić information content (AvgIpc) is 3.00. The number of halogens is 1. The van der Waals surface area contributed by atoms with Crippen LogP contribution in [0.3, 0.4) is 0 Å². The van der Waals surface area contributed by atoms with Crippen LogP contribution in [0.4, 0.5) is 5.69 Å². The number of carbonyl (C=O) groups excluding carboxylic acids is 2. The topological polar surface area (TPSA) is 62.3 Å². The smallest absolute Gasteiger partial charge is 0.256 e. The maximum absolute atomic E-state index is 12.8. The molecular formula is C19H14ClN3O2S2. The van der Waals surface area contributed by atoms with E-state index in [4.69, 9.17) is 11.6 Å². The summed E-state index contributed by atoms with van der Waals surface area (Å²) in [6, 6.07) is 12.8. The lowest BCUT2D eigenvalue weighted by Crippen LogP contribution is -2.26. The van der Waals surface area contributed by atoms with Crippen molar-refractivity contribution in [3.05, 3.63) is 69.1 Å². The highest BCUT2D eigenvalue weighted by Crippen LogP contribution is 2.39. The molecule has 2 amide bonds. The average molecular weight is 416 g/mol. The summed E-state index contributed by atoms with van der Waals surface area (Å²) < 4.78 is 0.454. The van der Waals surface area contributed by atoms with Crippen LogP contribution in [0.25, 0.3) is 0 Å². The Balaban J connectivity index is 1.59. The molecule has 0 unspecified atom stereocenters. The predicted octanol–water partition coefficient (Wildman–Crippen LogP) is 4.79. The maximum atomic E-state index is 12.8. The molecule has 1 N–H and O–H groups in total. The summed E-state index contributed by atoms with van der Waals surface area (Å²) in [4.78, 5) is 33.6. The van der Waals surface area contributed by atoms with Crippen molar-refractivity contribution < 1.29 is 9.59 Å². The lowest BCUT2D eigenvalue weighted by Gasteiger charge is -2.17. The van der Waals surface area contributed by atoms with Gasteiger partial charge < -0.3 is 10.2 Å². The standard InChI is InChI=1S/C19H14ClN3O2S2/c1-23(10-12-9-21-19(20)26-12)18(25)11-6-7-16-14(8-11)22-17(24)13-4-2-3-5-15(13)27-16/h2-9H,10H2,1H3,(H,22,24). The van der Waals surface area contributed by atoms with Gasteiger partial charge in [0.1, 0.15) is 0 Å². The van der Waals surface area contributed by atoms with Crippen LogP contribution in [-0.4, -0.2) is 28.7 Å². The minimum absolute atomic E-state index is 0.136. The number of anilines is 1. The van der Waals surface area contributed by atoms with Crippen molar-refractivity contribution >= 4 is 52.2 Å². The van der Waals surface area contributed by atoms with Gasteiger partial charge >= 0.3 is 0 Å². The van der Waals surface area contributed by atoms with Gasteiger partial charge in [0, 0.05) is 33.5 Å². The number of thiazole rings is 1. The normalized spacial score (nSPS) is 12.6. The van der Waals surface area contributed by atoms with Crippen LogP contribution in [0.1, 0.15) is 25.6 Å². The molecule has 0 fully saturated rings. The van der Waals surface area contributed by atoms with Gasteiger partial charge in [-0.1, -0.05) is 35.5 Å². The molecule has 2 aromatic carbocycles. The summed E-state index contributed by atoms with van der Waals surface area (Å²) in [6.07, 6.45) is 1.67. The van der Waals surface area contributed by atoms with Gasteiger partial charge in [-0.05, 0) is 30.3 Å². The Bertz CT molecular complexity index is 1050. The molecule has 5 nitrogen and oxygen atoms in total. The number of nitrogens with zero attached hydrogens (tertiary/aromatic N) is 2. The van der Waals surface area contributed by atoms with Crippen LogP contribution >= 0.6 is 34.7 Å². The third-order valence-electron chi connectivity index (χ3n) is 4.09. The number of carbonyl (C=O) groups is 2. The molecular weight excluding hydrogens is 402 g/mol. The Hall–Kier alpha value is -2.35. The number of benzene rings is 2. The summed E-state index contributed by atoms with van der Waals surface area (Å²) in [5, 5.41) is 2.91. The fourth-order valence-corrected chi connectivity index (χ4v) is 4.83. The van der Waals surface area contributed by atoms with E-state index in [1.807, 2.05) is 24.3 Å². The molecule has 0 saturated carbocycles. The zero-order valence-corrected chi connectivity index (χ0v) is 16.6. The zero-order chi connectivity index (χ0) is 19.0. The number of rotatable bonds is 3. The van der Waals surface area contributed by atoms with Crippen LogP contribution in [0.5, 0.6) is 0 Å². The first-order valence-electron chi connectivity index (χ1n) is 8.09. The maximum Gasteiger partial charge on any atom is 0.256 e. The molecule has 136 valence electrons. The Labute approximate surface area is 169 Å². The van der Waals surface area contributed by atoms with Gasteiger partial charge in [-0.3, -0.25) is 9.59 Å². The SMILES string of the molecule is CN(Cc1cnc(Cl)s1)C(=O)c1ccc2c(c1)NC(=O)c1ccccc1S2. The third-order valence-corrected chi connectivity index (χ3v) is 6.34. The molecule has 1 aliphatic heterocycles. The molecule has 1 aliphatic rings. The summed E-state index contributed by atoms with van der Waals surface area (Å²) >= 11 is 8.71. The number of fused-ring (bicyclic) bond motifs is 2. The van der Waals surface area contributed by atoms with Gasteiger partial charge in [0.2, 0.25) is 0 Å². The molecule has 8 heteroatoms. The highest BCUT2D eigenvalue weighted by Gasteiger charge is 2.21. The molecule has 0 aliphatic carbocycles. The van der Waals surface area contributed by atoms with Gasteiger partial charge in [-0.25, -0.2) is 4.98 Å². The second-order valence-corrected chi connectivity index (χ2v) is 8.79. The van der Waals surface area contributed by atoms with E-state index in [-0.39, 0.29) is 11.8 Å². The molecule has 0 atom stereocenters. The first-order chi connectivity index (χ1) is 13.0. The van der Waals surface area contributed by atoms with Gasteiger partial charge in [0.25, 0.3) is 11.8 Å². The molecule has 1 aromatic heterocycles. The Morgan fingerprint density at radius 2 is 2.04 bits per heavy atom. The quantitative estimate of drug-likeness (QED) is 0.668. The van der Waals surface area contributed by atoms with Crippen molar-refractivity contribution in [1.82, 2.24) is 9.88 Å². The summed E-state index contributed by atoms with van der Waals surface area (Å²) in [5.74, 6) is -0.308.